The lowest BCUT2D eigenvalue weighted by Crippen LogP contribution is -2.34. The third kappa shape index (κ3) is 3.45. The Morgan fingerprint density at radius 3 is 2.76 bits per heavy atom. The van der Waals surface area contributed by atoms with Crippen molar-refractivity contribution in [2.24, 2.45) is 5.73 Å². The van der Waals surface area contributed by atoms with Crippen molar-refractivity contribution in [3.05, 3.63) is 42.1 Å². The highest BCUT2D eigenvalue weighted by atomic mass is 32.2. The fraction of sp³-hybridized carbons (Fsp3) is 0.357. The minimum Gasteiger partial charge on any atom is -0.325 e. The number of pyridine rings is 1. The topological polar surface area (TPSA) is 38.9 Å². The molecule has 1 heterocycles. The Kier molecular flexibility index (Phi) is 3.69. The van der Waals surface area contributed by atoms with Crippen LogP contribution >= 0.6 is 11.8 Å². The third-order valence-corrected chi connectivity index (χ3v) is 3.93. The summed E-state index contributed by atoms with van der Waals surface area (Å²) in [7, 11) is 0. The number of hydrogen-bond donors (Lipinski definition) is 1. The smallest absolute Gasteiger partial charge is 0.0705 e. The summed E-state index contributed by atoms with van der Waals surface area (Å²) in [5.41, 5.74) is 8.28. The Hall–Kier alpha value is -1.06. The molecule has 0 saturated heterocycles. The maximum absolute atomic E-state index is 5.98. The second-order valence-electron chi connectivity index (χ2n) is 4.97. The molecule has 0 radical (unpaired) electrons. The Balaban J connectivity index is 2.13. The van der Waals surface area contributed by atoms with E-state index in [0.717, 1.165) is 17.0 Å². The first-order valence-electron chi connectivity index (χ1n) is 5.75. The molecule has 3 heteroatoms. The van der Waals surface area contributed by atoms with Crippen molar-refractivity contribution in [3.8, 4) is 0 Å². The third-order valence-electron chi connectivity index (χ3n) is 2.47. The zero-order chi connectivity index (χ0) is 12.3. The van der Waals surface area contributed by atoms with Crippen molar-refractivity contribution < 1.29 is 0 Å². The van der Waals surface area contributed by atoms with Crippen LogP contribution in [0.4, 0.5) is 0 Å². The molecule has 0 aliphatic carbocycles. The summed E-state index contributed by atoms with van der Waals surface area (Å²) in [6, 6.07) is 10.4. The van der Waals surface area contributed by atoms with E-state index in [2.05, 4.69) is 43.1 Å². The van der Waals surface area contributed by atoms with E-state index in [1.165, 1.54) is 10.9 Å². The van der Waals surface area contributed by atoms with Crippen molar-refractivity contribution in [2.75, 3.05) is 5.75 Å². The van der Waals surface area contributed by atoms with Crippen LogP contribution in [0.5, 0.6) is 0 Å². The Morgan fingerprint density at radius 1 is 1.24 bits per heavy atom. The van der Waals surface area contributed by atoms with E-state index in [0.29, 0.717) is 0 Å². The first-order valence-corrected chi connectivity index (χ1v) is 6.91. The van der Waals surface area contributed by atoms with Gasteiger partial charge in [-0.25, -0.2) is 0 Å². The molecule has 0 atom stereocenters. The van der Waals surface area contributed by atoms with Crippen molar-refractivity contribution in [3.63, 3.8) is 0 Å². The summed E-state index contributed by atoms with van der Waals surface area (Å²) in [5, 5.41) is 1.25. The average Bonchev–Trinajstić information content (AvgIpc) is 2.28. The van der Waals surface area contributed by atoms with Crippen LogP contribution in [0.25, 0.3) is 10.9 Å². The molecule has 0 aliphatic heterocycles. The first kappa shape index (κ1) is 12.4. The molecule has 0 bridgehead atoms. The Morgan fingerprint density at radius 2 is 2.00 bits per heavy atom. The van der Waals surface area contributed by atoms with Crippen LogP contribution < -0.4 is 5.73 Å². The number of benzene rings is 1. The van der Waals surface area contributed by atoms with Gasteiger partial charge >= 0.3 is 0 Å². The lowest BCUT2D eigenvalue weighted by molar-refractivity contribution is 0.591. The zero-order valence-electron chi connectivity index (χ0n) is 10.3. The largest absolute Gasteiger partial charge is 0.325 e. The average molecular weight is 246 g/mol. The van der Waals surface area contributed by atoms with Gasteiger partial charge in [0.05, 0.1) is 5.52 Å². The number of nitrogens with zero attached hydrogens (tertiary/aromatic N) is 1. The van der Waals surface area contributed by atoms with E-state index in [-0.39, 0.29) is 5.54 Å². The summed E-state index contributed by atoms with van der Waals surface area (Å²) in [5.74, 6) is 1.95. The lowest BCUT2D eigenvalue weighted by Gasteiger charge is -2.17. The molecule has 1 aromatic carbocycles. The quantitative estimate of drug-likeness (QED) is 0.900. The van der Waals surface area contributed by atoms with Crippen molar-refractivity contribution in [1.29, 1.82) is 0 Å². The van der Waals surface area contributed by atoms with Crippen LogP contribution in [0.1, 0.15) is 19.4 Å². The van der Waals surface area contributed by atoms with E-state index >= 15 is 0 Å². The maximum Gasteiger partial charge on any atom is 0.0705 e. The van der Waals surface area contributed by atoms with Crippen molar-refractivity contribution >= 4 is 22.7 Å². The molecule has 0 fully saturated rings. The van der Waals surface area contributed by atoms with Gasteiger partial charge in [0.1, 0.15) is 0 Å². The van der Waals surface area contributed by atoms with E-state index in [4.69, 9.17) is 5.73 Å². The number of hydrogen-bond acceptors (Lipinski definition) is 3. The number of rotatable bonds is 4. The van der Waals surface area contributed by atoms with Crippen molar-refractivity contribution in [2.45, 2.75) is 25.1 Å². The Labute approximate surface area is 107 Å². The van der Waals surface area contributed by atoms with Gasteiger partial charge in [0.2, 0.25) is 0 Å². The second-order valence-corrected chi connectivity index (χ2v) is 5.95. The molecule has 0 amide bonds. The van der Waals surface area contributed by atoms with Crippen LogP contribution in [0, 0.1) is 0 Å². The highest BCUT2D eigenvalue weighted by Crippen LogP contribution is 2.22. The number of fused-ring (bicyclic) bond motifs is 1. The number of para-hydroxylation sites is 1. The van der Waals surface area contributed by atoms with Gasteiger partial charge in [0.25, 0.3) is 0 Å². The number of nitrogens with two attached hydrogens (primary N) is 1. The van der Waals surface area contributed by atoms with Gasteiger partial charge < -0.3 is 5.73 Å². The molecule has 2 aromatic rings. The summed E-state index contributed by atoms with van der Waals surface area (Å²) in [4.78, 5) is 4.36. The van der Waals surface area contributed by atoms with E-state index in [1.807, 2.05) is 24.0 Å². The lowest BCUT2D eigenvalue weighted by atomic mass is 10.1. The molecule has 0 aliphatic rings. The molecular formula is C14H18N2S. The van der Waals surface area contributed by atoms with Crippen LogP contribution in [-0.4, -0.2) is 16.3 Å². The standard InChI is InChI=1S/C14H18N2S/c1-14(2,15)10-17-9-11-7-8-16-13-6-4-3-5-12(11)13/h3-8H,9-10,15H2,1-2H3. The van der Waals surface area contributed by atoms with Crippen LogP contribution in [0.3, 0.4) is 0 Å². The van der Waals surface area contributed by atoms with Gasteiger partial charge in [-0.2, -0.15) is 11.8 Å². The zero-order valence-corrected chi connectivity index (χ0v) is 11.1. The molecule has 0 unspecified atom stereocenters. The molecule has 90 valence electrons. The van der Waals surface area contributed by atoms with Gasteiger partial charge in [0, 0.05) is 28.6 Å². The SMILES string of the molecule is CC(C)(N)CSCc1ccnc2ccccc12. The Bertz CT molecular complexity index is 498. The molecule has 0 spiro atoms. The van der Waals surface area contributed by atoms with E-state index in [9.17, 15) is 0 Å². The van der Waals surface area contributed by atoms with Crippen LogP contribution in [0.2, 0.25) is 0 Å². The van der Waals surface area contributed by atoms with E-state index in [1.54, 1.807) is 0 Å². The highest BCUT2D eigenvalue weighted by Gasteiger charge is 2.10. The molecule has 2 N–H and O–H groups in total. The van der Waals surface area contributed by atoms with Gasteiger partial charge in [-0.3, -0.25) is 4.98 Å². The predicted molar refractivity (Wildman–Crippen MR) is 76.2 cm³/mol. The summed E-state index contributed by atoms with van der Waals surface area (Å²) >= 11 is 1.88. The normalized spacial score (nSPS) is 11.9. The second kappa shape index (κ2) is 5.07. The minimum atomic E-state index is -0.104. The first-order chi connectivity index (χ1) is 8.06. The van der Waals surface area contributed by atoms with Crippen LogP contribution in [0.15, 0.2) is 36.5 Å². The summed E-state index contributed by atoms with van der Waals surface area (Å²) < 4.78 is 0. The number of aromatic nitrogens is 1. The monoisotopic (exact) mass is 246 g/mol. The van der Waals surface area contributed by atoms with Gasteiger partial charge in [-0.05, 0) is 31.5 Å². The van der Waals surface area contributed by atoms with Gasteiger partial charge in [0.15, 0.2) is 0 Å². The summed E-state index contributed by atoms with van der Waals surface area (Å²) in [6.45, 7) is 4.12. The number of thioether (sulfide) groups is 1. The van der Waals surface area contributed by atoms with E-state index < -0.39 is 0 Å². The molecule has 17 heavy (non-hydrogen) atoms. The molecule has 0 saturated carbocycles. The van der Waals surface area contributed by atoms with Gasteiger partial charge in [-0.15, -0.1) is 0 Å². The predicted octanol–water partition coefficient (Wildman–Crippen LogP) is 3.21. The summed E-state index contributed by atoms with van der Waals surface area (Å²) in [6.07, 6.45) is 1.88. The maximum atomic E-state index is 5.98. The fourth-order valence-corrected chi connectivity index (χ4v) is 2.80. The molecular weight excluding hydrogens is 228 g/mol. The van der Waals surface area contributed by atoms with Crippen molar-refractivity contribution in [1.82, 2.24) is 4.98 Å². The minimum absolute atomic E-state index is 0.104. The highest BCUT2D eigenvalue weighted by molar-refractivity contribution is 7.98. The molecule has 1 aromatic heterocycles. The van der Waals surface area contributed by atoms with Gasteiger partial charge in [-0.1, -0.05) is 18.2 Å². The fourth-order valence-electron chi connectivity index (χ4n) is 1.70. The van der Waals surface area contributed by atoms with Crippen LogP contribution in [-0.2, 0) is 5.75 Å². The molecule has 2 nitrogen and oxygen atoms in total. The molecule has 2 rings (SSSR count).